The van der Waals surface area contributed by atoms with Gasteiger partial charge in [-0.25, -0.2) is 0 Å². The first-order valence-electron chi connectivity index (χ1n) is 5.32. The van der Waals surface area contributed by atoms with Crippen LogP contribution in [0.3, 0.4) is 0 Å². The highest BCUT2D eigenvalue weighted by atomic mass is 79.9. The van der Waals surface area contributed by atoms with Gasteiger partial charge in [-0.05, 0) is 39.7 Å². The highest BCUT2D eigenvalue weighted by Crippen LogP contribution is 2.28. The van der Waals surface area contributed by atoms with E-state index >= 15 is 0 Å². The molecule has 0 amide bonds. The molecule has 0 saturated heterocycles. The summed E-state index contributed by atoms with van der Waals surface area (Å²) in [6.07, 6.45) is 2.50. The fourth-order valence-corrected chi connectivity index (χ4v) is 2.37. The van der Waals surface area contributed by atoms with E-state index in [0.717, 1.165) is 16.7 Å². The van der Waals surface area contributed by atoms with Crippen molar-refractivity contribution < 1.29 is 9.21 Å². The van der Waals surface area contributed by atoms with Gasteiger partial charge in [0.25, 0.3) is 0 Å². The summed E-state index contributed by atoms with van der Waals surface area (Å²) in [4.78, 5) is 12.1. The number of hydrogen-bond acceptors (Lipinski definition) is 2. The summed E-state index contributed by atoms with van der Waals surface area (Å²) in [5.41, 5.74) is 2.69. The normalized spacial score (nSPS) is 16.5. The maximum atomic E-state index is 12.1. The molecule has 84 valence electrons. The lowest BCUT2D eigenvalue weighted by Crippen LogP contribution is -1.94. The number of allylic oxidation sites excluding steroid dienone is 1. The van der Waals surface area contributed by atoms with Gasteiger partial charge >= 0.3 is 0 Å². The second kappa shape index (κ2) is 4.00. The fourth-order valence-electron chi connectivity index (χ4n) is 2.05. The topological polar surface area (TPSA) is 30.2 Å². The van der Waals surface area contributed by atoms with Crippen LogP contribution in [0.5, 0.6) is 0 Å². The quantitative estimate of drug-likeness (QED) is 0.746. The van der Waals surface area contributed by atoms with Crippen LogP contribution in [0.4, 0.5) is 0 Å². The van der Waals surface area contributed by atoms with Crippen LogP contribution in [0.25, 0.3) is 6.08 Å². The zero-order valence-electron chi connectivity index (χ0n) is 8.94. The molecule has 0 unspecified atom stereocenters. The molecule has 0 fully saturated rings. The zero-order chi connectivity index (χ0) is 11.8. The molecule has 3 rings (SSSR count). The van der Waals surface area contributed by atoms with Crippen LogP contribution in [-0.4, -0.2) is 5.78 Å². The van der Waals surface area contributed by atoms with Crippen molar-refractivity contribution in [3.8, 4) is 0 Å². The molecule has 0 aliphatic heterocycles. The molecule has 1 aromatic heterocycles. The summed E-state index contributed by atoms with van der Waals surface area (Å²) in [5.74, 6) is 0.807. The number of furan rings is 1. The van der Waals surface area contributed by atoms with E-state index in [1.54, 1.807) is 0 Å². The number of Topliss-reactive ketones (excluding diaryl/α,β-unsaturated/α-hetero) is 1. The van der Waals surface area contributed by atoms with E-state index in [1.165, 1.54) is 0 Å². The van der Waals surface area contributed by atoms with Crippen molar-refractivity contribution in [3.63, 3.8) is 0 Å². The molecular weight excluding hydrogens is 280 g/mol. The average molecular weight is 289 g/mol. The van der Waals surface area contributed by atoms with E-state index < -0.39 is 0 Å². The standard InChI is InChI=1S/C14H9BrO2/c15-13-6-5-11(17-13)8-10-7-9-3-1-2-4-12(9)14(10)16/h1-6,8H,7H2/b10-8-. The van der Waals surface area contributed by atoms with Gasteiger partial charge in [0, 0.05) is 17.6 Å². The van der Waals surface area contributed by atoms with Crippen molar-refractivity contribution in [1.82, 2.24) is 0 Å². The number of halogens is 1. The Morgan fingerprint density at radius 3 is 2.71 bits per heavy atom. The summed E-state index contributed by atoms with van der Waals surface area (Å²) >= 11 is 3.24. The lowest BCUT2D eigenvalue weighted by Gasteiger charge is -1.92. The second-order valence-electron chi connectivity index (χ2n) is 3.97. The molecule has 1 aliphatic rings. The Morgan fingerprint density at radius 2 is 2.00 bits per heavy atom. The van der Waals surface area contributed by atoms with Gasteiger partial charge in [-0.2, -0.15) is 0 Å². The number of hydrogen-bond donors (Lipinski definition) is 0. The van der Waals surface area contributed by atoms with Gasteiger partial charge < -0.3 is 4.42 Å². The first-order valence-corrected chi connectivity index (χ1v) is 6.12. The summed E-state index contributed by atoms with van der Waals surface area (Å²) < 4.78 is 6.05. The first-order chi connectivity index (χ1) is 8.24. The van der Waals surface area contributed by atoms with Gasteiger partial charge in [0.2, 0.25) is 0 Å². The Balaban J connectivity index is 1.99. The van der Waals surface area contributed by atoms with Crippen LogP contribution in [0.2, 0.25) is 0 Å². The summed E-state index contributed by atoms with van der Waals surface area (Å²) in [5, 5.41) is 0. The maximum absolute atomic E-state index is 12.1. The van der Waals surface area contributed by atoms with Gasteiger partial charge in [0.05, 0.1) is 0 Å². The van der Waals surface area contributed by atoms with Gasteiger partial charge in [-0.1, -0.05) is 24.3 Å². The molecule has 0 spiro atoms. The van der Waals surface area contributed by atoms with Crippen molar-refractivity contribution in [1.29, 1.82) is 0 Å². The van der Waals surface area contributed by atoms with E-state index in [-0.39, 0.29) is 5.78 Å². The number of rotatable bonds is 1. The third-order valence-corrected chi connectivity index (χ3v) is 3.27. The van der Waals surface area contributed by atoms with Crippen molar-refractivity contribution >= 4 is 27.8 Å². The fraction of sp³-hybridized carbons (Fsp3) is 0.0714. The number of ketones is 1. The Hall–Kier alpha value is -1.61. The van der Waals surface area contributed by atoms with Crippen molar-refractivity contribution in [2.75, 3.05) is 0 Å². The minimum Gasteiger partial charge on any atom is -0.450 e. The molecule has 1 aromatic carbocycles. The lowest BCUT2D eigenvalue weighted by molar-refractivity contribution is 0.104. The molecule has 3 heteroatoms. The number of carbonyl (C=O) groups is 1. The third-order valence-electron chi connectivity index (χ3n) is 2.85. The molecule has 2 nitrogen and oxygen atoms in total. The third kappa shape index (κ3) is 1.87. The number of fused-ring (bicyclic) bond motifs is 1. The van der Waals surface area contributed by atoms with Crippen molar-refractivity contribution in [2.45, 2.75) is 6.42 Å². The maximum Gasteiger partial charge on any atom is 0.189 e. The monoisotopic (exact) mass is 288 g/mol. The van der Waals surface area contributed by atoms with E-state index in [1.807, 2.05) is 42.5 Å². The number of benzene rings is 1. The summed E-state index contributed by atoms with van der Waals surface area (Å²) in [7, 11) is 0. The highest BCUT2D eigenvalue weighted by molar-refractivity contribution is 9.10. The van der Waals surface area contributed by atoms with E-state index in [4.69, 9.17) is 4.42 Å². The Bertz CT molecular complexity index is 623. The van der Waals surface area contributed by atoms with Gasteiger partial charge in [-0.3, -0.25) is 4.79 Å². The smallest absolute Gasteiger partial charge is 0.189 e. The van der Waals surface area contributed by atoms with E-state index in [2.05, 4.69) is 15.9 Å². The minimum atomic E-state index is 0.105. The minimum absolute atomic E-state index is 0.105. The lowest BCUT2D eigenvalue weighted by atomic mass is 10.1. The van der Waals surface area contributed by atoms with E-state index in [0.29, 0.717) is 16.9 Å². The SMILES string of the molecule is O=C1/C(=C\c2ccc(Br)o2)Cc2ccccc21. The molecule has 2 aromatic rings. The van der Waals surface area contributed by atoms with Gasteiger partial charge in [0.15, 0.2) is 10.5 Å². The molecule has 0 atom stereocenters. The number of carbonyl (C=O) groups excluding carboxylic acids is 1. The molecule has 0 radical (unpaired) electrons. The molecule has 0 saturated carbocycles. The van der Waals surface area contributed by atoms with Gasteiger partial charge in [0.1, 0.15) is 5.76 Å². The zero-order valence-corrected chi connectivity index (χ0v) is 10.5. The van der Waals surface area contributed by atoms with Crippen LogP contribution in [0.15, 0.2) is 51.1 Å². The van der Waals surface area contributed by atoms with Crippen LogP contribution in [0, 0.1) is 0 Å². The molecule has 0 N–H and O–H groups in total. The predicted molar refractivity (Wildman–Crippen MR) is 68.9 cm³/mol. The molecule has 1 aliphatic carbocycles. The van der Waals surface area contributed by atoms with Crippen LogP contribution >= 0.6 is 15.9 Å². The van der Waals surface area contributed by atoms with E-state index in [9.17, 15) is 4.79 Å². The Kier molecular flexibility index (Phi) is 2.48. The largest absolute Gasteiger partial charge is 0.450 e. The predicted octanol–water partition coefficient (Wildman–Crippen LogP) is 3.86. The molecular formula is C14H9BrO2. The van der Waals surface area contributed by atoms with Crippen molar-refractivity contribution in [3.05, 3.63) is 63.5 Å². The summed E-state index contributed by atoms with van der Waals surface area (Å²) in [6, 6.07) is 11.4. The Labute approximate surface area is 107 Å². The van der Waals surface area contributed by atoms with Crippen LogP contribution in [-0.2, 0) is 6.42 Å². The van der Waals surface area contributed by atoms with Crippen LogP contribution < -0.4 is 0 Å². The van der Waals surface area contributed by atoms with Gasteiger partial charge in [-0.15, -0.1) is 0 Å². The molecule has 1 heterocycles. The average Bonchev–Trinajstić information content (AvgIpc) is 2.86. The highest BCUT2D eigenvalue weighted by Gasteiger charge is 2.24. The summed E-state index contributed by atoms with van der Waals surface area (Å²) in [6.45, 7) is 0. The first kappa shape index (κ1) is 10.5. The molecule has 0 bridgehead atoms. The van der Waals surface area contributed by atoms with Crippen molar-refractivity contribution in [2.24, 2.45) is 0 Å². The Morgan fingerprint density at radius 1 is 1.18 bits per heavy atom. The van der Waals surface area contributed by atoms with Crippen LogP contribution in [0.1, 0.15) is 21.7 Å². The molecule has 17 heavy (non-hydrogen) atoms. The second-order valence-corrected chi connectivity index (χ2v) is 4.76.